The lowest BCUT2D eigenvalue weighted by atomic mass is 9.98. The Morgan fingerprint density at radius 1 is 1.65 bits per heavy atom. The minimum Gasteiger partial charge on any atom is -0.393 e. The molecule has 1 saturated heterocycles. The Balaban J connectivity index is 2.31. The summed E-state index contributed by atoms with van der Waals surface area (Å²) in [6, 6.07) is 1.14. The molecule has 0 radical (unpaired) electrons. The van der Waals surface area contributed by atoms with Crippen molar-refractivity contribution in [1.82, 2.24) is 9.55 Å². The summed E-state index contributed by atoms with van der Waals surface area (Å²) in [5, 5.41) is 22.7. The molecule has 0 amide bonds. The number of aromatic amines is 1. The Bertz CT molecular complexity index is 648. The van der Waals surface area contributed by atoms with Crippen molar-refractivity contribution in [2.75, 3.05) is 13.2 Å². The van der Waals surface area contributed by atoms with Gasteiger partial charge < -0.3 is 14.9 Å². The van der Waals surface area contributed by atoms with Crippen molar-refractivity contribution in [2.24, 2.45) is 5.11 Å². The molecule has 1 fully saturated rings. The molecule has 3 N–H and O–H groups in total. The summed E-state index contributed by atoms with van der Waals surface area (Å²) >= 11 is 0. The molecule has 1 aliphatic heterocycles. The van der Waals surface area contributed by atoms with E-state index in [2.05, 4.69) is 15.0 Å². The van der Waals surface area contributed by atoms with E-state index >= 15 is 0 Å². The van der Waals surface area contributed by atoms with Gasteiger partial charge in [0.2, 0.25) is 0 Å². The second kappa shape index (κ2) is 5.47. The number of hydrogen-bond donors (Lipinski definition) is 3. The molecule has 1 aromatic rings. The van der Waals surface area contributed by atoms with Crippen LogP contribution in [0, 0.1) is 0 Å². The van der Waals surface area contributed by atoms with Gasteiger partial charge in [0.1, 0.15) is 11.8 Å². The SMILES string of the molecule is [N-]=[N+]=NC[C@]1(CO)O[C@@H](n2ccc(=O)[nH]c2=O)C[C@@H]1O. The number of nitrogens with one attached hydrogen (secondary N) is 1. The van der Waals surface area contributed by atoms with E-state index in [1.807, 2.05) is 0 Å². The maximum Gasteiger partial charge on any atom is 0.330 e. The summed E-state index contributed by atoms with van der Waals surface area (Å²) < 4.78 is 6.59. The average molecular weight is 283 g/mol. The first-order valence-electron chi connectivity index (χ1n) is 5.81. The van der Waals surface area contributed by atoms with Gasteiger partial charge in [-0.3, -0.25) is 14.3 Å². The normalized spacial score (nSPS) is 29.1. The van der Waals surface area contributed by atoms with E-state index in [0.29, 0.717) is 0 Å². The fourth-order valence-corrected chi connectivity index (χ4v) is 2.11. The molecule has 0 aliphatic carbocycles. The van der Waals surface area contributed by atoms with Crippen LogP contribution in [-0.4, -0.2) is 44.6 Å². The summed E-state index contributed by atoms with van der Waals surface area (Å²) in [5.74, 6) is 0. The van der Waals surface area contributed by atoms with Crippen LogP contribution in [0.1, 0.15) is 12.6 Å². The Morgan fingerprint density at radius 3 is 3.00 bits per heavy atom. The molecule has 20 heavy (non-hydrogen) atoms. The average Bonchev–Trinajstić information content (AvgIpc) is 2.74. The summed E-state index contributed by atoms with van der Waals surface area (Å²) in [6.07, 6.45) is -0.718. The van der Waals surface area contributed by atoms with Gasteiger partial charge in [0.05, 0.1) is 19.3 Å². The second-order valence-corrected chi connectivity index (χ2v) is 4.45. The number of ether oxygens (including phenoxy) is 1. The summed E-state index contributed by atoms with van der Waals surface area (Å²) in [5.41, 5.74) is 5.64. The van der Waals surface area contributed by atoms with Crippen molar-refractivity contribution in [3.8, 4) is 0 Å². The molecule has 108 valence electrons. The number of hydrogen-bond acceptors (Lipinski definition) is 6. The standard InChI is InChI=1S/C10H13N5O5/c11-14-12-4-10(5-16)6(17)3-8(20-10)15-2-1-7(18)13-9(15)19/h1-2,6,8,16-17H,3-5H2,(H,13,18,19)/t6-,8+,10+/m0/s1. The van der Waals surface area contributed by atoms with Crippen LogP contribution in [0.15, 0.2) is 27.0 Å². The van der Waals surface area contributed by atoms with Crippen molar-refractivity contribution >= 4 is 0 Å². The fourth-order valence-electron chi connectivity index (χ4n) is 2.11. The molecule has 3 atom stereocenters. The van der Waals surface area contributed by atoms with Gasteiger partial charge >= 0.3 is 5.69 Å². The van der Waals surface area contributed by atoms with Gasteiger partial charge in [0, 0.05) is 23.6 Å². The van der Waals surface area contributed by atoms with Crippen LogP contribution in [0.25, 0.3) is 10.4 Å². The third-order valence-electron chi connectivity index (χ3n) is 3.23. The molecule has 1 aromatic heterocycles. The molecular weight excluding hydrogens is 270 g/mol. The van der Waals surface area contributed by atoms with Gasteiger partial charge in [-0.2, -0.15) is 0 Å². The highest BCUT2D eigenvalue weighted by Crippen LogP contribution is 2.36. The number of nitrogens with zero attached hydrogens (tertiary/aromatic N) is 4. The van der Waals surface area contributed by atoms with Crippen LogP contribution >= 0.6 is 0 Å². The van der Waals surface area contributed by atoms with Crippen LogP contribution in [0.2, 0.25) is 0 Å². The number of aliphatic hydroxyl groups is 2. The molecule has 0 bridgehead atoms. The lowest BCUT2D eigenvalue weighted by molar-refractivity contribution is -0.122. The molecule has 2 heterocycles. The molecule has 10 heteroatoms. The highest BCUT2D eigenvalue weighted by atomic mass is 16.6. The first-order valence-corrected chi connectivity index (χ1v) is 5.81. The monoisotopic (exact) mass is 283 g/mol. The molecule has 1 aliphatic rings. The van der Waals surface area contributed by atoms with E-state index in [4.69, 9.17) is 10.3 Å². The van der Waals surface area contributed by atoms with Gasteiger partial charge in [-0.1, -0.05) is 5.11 Å². The number of aromatic nitrogens is 2. The van der Waals surface area contributed by atoms with E-state index in [9.17, 15) is 19.8 Å². The smallest absolute Gasteiger partial charge is 0.330 e. The van der Waals surface area contributed by atoms with Crippen molar-refractivity contribution in [2.45, 2.75) is 24.4 Å². The molecule has 2 rings (SSSR count). The summed E-state index contributed by atoms with van der Waals surface area (Å²) in [4.78, 5) is 27.3. The Morgan fingerprint density at radius 2 is 2.40 bits per heavy atom. The van der Waals surface area contributed by atoms with E-state index in [1.165, 1.54) is 6.20 Å². The van der Waals surface area contributed by atoms with Gasteiger partial charge in [-0.25, -0.2) is 4.79 Å². The van der Waals surface area contributed by atoms with Crippen molar-refractivity contribution in [3.63, 3.8) is 0 Å². The largest absolute Gasteiger partial charge is 0.393 e. The van der Waals surface area contributed by atoms with Crippen LogP contribution in [0.4, 0.5) is 0 Å². The van der Waals surface area contributed by atoms with Crippen LogP contribution in [-0.2, 0) is 4.74 Å². The minimum absolute atomic E-state index is 0.0213. The maximum atomic E-state index is 11.6. The zero-order valence-electron chi connectivity index (χ0n) is 10.3. The van der Waals surface area contributed by atoms with E-state index < -0.39 is 35.8 Å². The third-order valence-corrected chi connectivity index (χ3v) is 3.23. The van der Waals surface area contributed by atoms with Gasteiger partial charge in [0.25, 0.3) is 5.56 Å². The second-order valence-electron chi connectivity index (χ2n) is 4.45. The Hall–Kier alpha value is -2.13. The maximum absolute atomic E-state index is 11.6. The van der Waals surface area contributed by atoms with Gasteiger partial charge in [-0.05, 0) is 5.53 Å². The van der Waals surface area contributed by atoms with E-state index in [1.54, 1.807) is 0 Å². The third kappa shape index (κ3) is 2.45. The molecule has 0 aromatic carbocycles. The van der Waals surface area contributed by atoms with Gasteiger partial charge in [0.15, 0.2) is 0 Å². The van der Waals surface area contributed by atoms with Gasteiger partial charge in [-0.15, -0.1) is 0 Å². The molecule has 0 spiro atoms. The first-order chi connectivity index (χ1) is 9.52. The zero-order valence-corrected chi connectivity index (χ0v) is 10.3. The van der Waals surface area contributed by atoms with Crippen LogP contribution < -0.4 is 11.2 Å². The number of azide groups is 1. The molecule has 0 unspecified atom stereocenters. The van der Waals surface area contributed by atoms with E-state index in [-0.39, 0.29) is 13.0 Å². The van der Waals surface area contributed by atoms with Crippen molar-refractivity contribution < 1.29 is 14.9 Å². The Labute approximate surface area is 111 Å². The number of H-pyrrole nitrogens is 1. The van der Waals surface area contributed by atoms with Crippen LogP contribution in [0.5, 0.6) is 0 Å². The van der Waals surface area contributed by atoms with E-state index in [0.717, 1.165) is 10.6 Å². The Kier molecular flexibility index (Phi) is 3.91. The lowest BCUT2D eigenvalue weighted by Crippen LogP contribution is -2.46. The first kappa shape index (κ1) is 14.3. The lowest BCUT2D eigenvalue weighted by Gasteiger charge is -2.28. The fraction of sp³-hybridized carbons (Fsp3) is 0.600. The number of rotatable bonds is 4. The number of aliphatic hydroxyl groups excluding tert-OH is 2. The summed E-state index contributed by atoms with van der Waals surface area (Å²) in [7, 11) is 0. The summed E-state index contributed by atoms with van der Waals surface area (Å²) in [6.45, 7) is -0.836. The van der Waals surface area contributed by atoms with Crippen molar-refractivity contribution in [3.05, 3.63) is 43.5 Å². The van der Waals surface area contributed by atoms with Crippen molar-refractivity contribution in [1.29, 1.82) is 0 Å². The quantitative estimate of drug-likeness (QED) is 0.362. The minimum atomic E-state index is -1.45. The predicted molar refractivity (Wildman–Crippen MR) is 65.9 cm³/mol. The topological polar surface area (TPSA) is 153 Å². The molecule has 0 saturated carbocycles. The highest BCUT2D eigenvalue weighted by Gasteiger charge is 2.48. The highest BCUT2D eigenvalue weighted by molar-refractivity contribution is 4.98. The molecular formula is C10H13N5O5. The predicted octanol–water partition coefficient (Wildman–Crippen LogP) is -1.14. The molecule has 10 nitrogen and oxygen atoms in total. The zero-order chi connectivity index (χ0) is 14.8. The van der Waals surface area contributed by atoms with Crippen LogP contribution in [0.3, 0.4) is 0 Å².